The molecule has 5 aliphatic heterocycles. The van der Waals surface area contributed by atoms with E-state index in [-0.39, 0.29) is 77.8 Å². The quantitative estimate of drug-likeness (QED) is 0.0645. The van der Waals surface area contributed by atoms with E-state index in [0.717, 1.165) is 11.8 Å². The number of fused-ring (bicyclic) bond motifs is 2. The number of likely N-dealkylation sites (N-methyl/N-ethyl adjacent to an activating group) is 1. The van der Waals surface area contributed by atoms with Crippen molar-refractivity contribution in [1.82, 2.24) is 30.2 Å². The van der Waals surface area contributed by atoms with Gasteiger partial charge in [-0.05, 0) is 32.4 Å². The Morgan fingerprint density at radius 1 is 1.00 bits per heavy atom. The molecule has 5 atom stereocenters. The van der Waals surface area contributed by atoms with E-state index in [0.29, 0.717) is 23.1 Å². The largest absolute Gasteiger partial charge is 1.00 e. The van der Waals surface area contributed by atoms with Crippen LogP contribution in [0.2, 0.25) is 0 Å². The van der Waals surface area contributed by atoms with Gasteiger partial charge in [0, 0.05) is 36.9 Å². The van der Waals surface area contributed by atoms with Crippen LogP contribution in [0.15, 0.2) is 53.3 Å². The third-order valence-electron chi connectivity index (χ3n) is 9.75. The number of carboxylic acid groups (broad SMARTS) is 3. The Balaban J connectivity index is 0.000000345. The monoisotopic (exact) mass is 906 g/mol. The average molecular weight is 907 g/mol. The van der Waals surface area contributed by atoms with Gasteiger partial charge in [-0.2, -0.15) is 0 Å². The number of rotatable bonds is 10. The predicted molar refractivity (Wildman–Crippen MR) is 194 cm³/mol. The Morgan fingerprint density at radius 2 is 1.62 bits per heavy atom. The molecule has 26 heteroatoms. The average Bonchev–Trinajstić information content (AvgIpc) is 3.42. The zero-order valence-corrected chi connectivity index (χ0v) is 39.2. The molecule has 0 spiro atoms. The van der Waals surface area contributed by atoms with Crippen LogP contribution in [-0.4, -0.2) is 152 Å². The predicted octanol–water partition coefficient (Wildman–Crippen LogP) is -10.4. The first-order valence-electron chi connectivity index (χ1n) is 17.6. The summed E-state index contributed by atoms with van der Waals surface area (Å²) in [6.07, 6.45) is 0.311. The molecule has 0 radical (unpaired) electrons. The molecule has 316 valence electrons. The van der Waals surface area contributed by atoms with Gasteiger partial charge in [-0.15, -0.1) is 11.8 Å². The molecule has 4 fully saturated rings. The molecule has 61 heavy (non-hydrogen) atoms. The molecule has 0 aliphatic carbocycles. The minimum absolute atomic E-state index is 0. The van der Waals surface area contributed by atoms with Gasteiger partial charge in [0.15, 0.2) is 15.2 Å². The number of benzene rings is 1. The molecule has 1 aromatic rings. The summed E-state index contributed by atoms with van der Waals surface area (Å²) in [5, 5.41) is 34.2. The minimum Gasteiger partial charge on any atom is -0.545 e. The fourth-order valence-electron chi connectivity index (χ4n) is 7.06. The van der Waals surface area contributed by atoms with Gasteiger partial charge in [0.25, 0.3) is 5.91 Å². The van der Waals surface area contributed by atoms with Gasteiger partial charge in [-0.1, -0.05) is 30.3 Å². The summed E-state index contributed by atoms with van der Waals surface area (Å²) in [6.45, 7) is 6.07. The fraction of sp³-hybridized carbons (Fsp3) is 0.429. The number of hydrogen-bond donors (Lipinski definition) is 3. The van der Waals surface area contributed by atoms with Gasteiger partial charge in [-0.3, -0.25) is 38.6 Å². The van der Waals surface area contributed by atoms with Crippen LogP contribution in [0.3, 0.4) is 0 Å². The Morgan fingerprint density at radius 3 is 2.16 bits per heavy atom. The van der Waals surface area contributed by atoms with Crippen molar-refractivity contribution in [2.75, 3.05) is 32.0 Å². The van der Waals surface area contributed by atoms with Crippen LogP contribution >= 0.6 is 11.8 Å². The molecule has 6 rings (SSSR count). The number of imide groups is 1. The maximum absolute atomic E-state index is 13.3. The van der Waals surface area contributed by atoms with Crippen molar-refractivity contribution in [2.24, 2.45) is 0 Å². The second-order valence-electron chi connectivity index (χ2n) is 14.0. The molecule has 4 saturated heterocycles. The number of amides is 7. The van der Waals surface area contributed by atoms with E-state index in [1.165, 1.54) is 21.6 Å². The third-order valence-corrected chi connectivity index (χ3v) is 13.2. The number of piperazine rings is 1. The summed E-state index contributed by atoms with van der Waals surface area (Å²) < 4.78 is 28.2. The molecule has 7 amide bonds. The number of carbonyl (C=O) groups excluding carboxylic acids is 9. The second-order valence-corrected chi connectivity index (χ2v) is 17.8. The molecule has 5 heterocycles. The van der Waals surface area contributed by atoms with Gasteiger partial charge in [-0.25, -0.2) is 18.0 Å². The zero-order valence-electron chi connectivity index (χ0n) is 33.6. The van der Waals surface area contributed by atoms with E-state index in [1.54, 1.807) is 51.1 Å². The molecule has 3 N–H and O–H groups in total. The smallest absolute Gasteiger partial charge is 0.545 e. The number of β-lactam (4-membered cyclic amide) rings is 2. The standard InChI is InChI=1S/C23H27N5O7S.C12H11NO9S.2Na/c1-4-26-10-11-27(19(32)18(26)31)22(35)25-13(12-8-6-5-7-9-12)16(29)24-14-17(30)28-15(21(33)34)23(2,3)36-20(14)28;1-5(14)22-3-6-4-23(20,21)11-7(2-8(15)16)10(17)13(11)9(6)12(18)19;;/h5-9,13-15,20H,4,10-11H2,1-3H3,(H,24,29)(H,25,35)(H,33,34);2,11H,3-4H2,1H3,(H,15,16)(H,18,19);;/q;;2*+1/p-2/b;7-2-;;/t13?,14-,15+,20-;11-;;/m01../s1. The molecule has 1 aromatic carbocycles. The minimum atomic E-state index is -4.11. The van der Waals surface area contributed by atoms with Crippen LogP contribution in [-0.2, 0) is 57.7 Å². The number of nitrogens with one attached hydrogen (secondary N) is 2. The number of esters is 1. The summed E-state index contributed by atoms with van der Waals surface area (Å²) >= 11 is 1.28. The van der Waals surface area contributed by atoms with Crippen molar-refractivity contribution in [3.05, 3.63) is 58.8 Å². The summed E-state index contributed by atoms with van der Waals surface area (Å²) in [4.78, 5) is 124. The molecule has 5 aliphatic rings. The number of carboxylic acids is 3. The number of aliphatic carboxylic acids is 3. The van der Waals surface area contributed by atoms with Crippen LogP contribution in [0, 0.1) is 0 Å². The SMILES string of the molecule is CC(=O)OCC1=C(C(=O)[O-])N2C(=O)/C(=C/C(=O)[O-])[C@H]2S(=O)(=O)C1.CCN1CCN(C(=O)NC(C(=O)N[C@H]2C(=O)N3[C@H]2SC(C)(C)[C@H]3C(=O)O)c2ccccc2)C(=O)C1=O.[Na+].[Na+]. The van der Waals surface area contributed by atoms with Crippen molar-refractivity contribution in [3.63, 3.8) is 0 Å². The van der Waals surface area contributed by atoms with E-state index >= 15 is 0 Å². The summed E-state index contributed by atoms with van der Waals surface area (Å²) in [5.74, 6) is -10.4. The molecule has 22 nitrogen and oxygen atoms in total. The first-order chi connectivity index (χ1) is 27.5. The van der Waals surface area contributed by atoms with Crippen molar-refractivity contribution in [2.45, 2.75) is 61.3 Å². The van der Waals surface area contributed by atoms with Crippen molar-refractivity contribution < 1.29 is 136 Å². The maximum atomic E-state index is 13.3. The molecule has 0 bridgehead atoms. The number of carbonyl (C=O) groups is 10. The van der Waals surface area contributed by atoms with E-state index < -0.39 is 127 Å². The third kappa shape index (κ3) is 10.2. The zero-order chi connectivity index (χ0) is 43.9. The molecule has 0 aromatic heterocycles. The van der Waals surface area contributed by atoms with Crippen molar-refractivity contribution in [3.8, 4) is 0 Å². The van der Waals surface area contributed by atoms with Gasteiger partial charge in [0.05, 0.1) is 29.0 Å². The summed E-state index contributed by atoms with van der Waals surface area (Å²) in [5.41, 5.74) is -1.28. The van der Waals surface area contributed by atoms with Gasteiger partial charge in [0.2, 0.25) is 11.8 Å². The second kappa shape index (κ2) is 19.8. The maximum Gasteiger partial charge on any atom is 1.00 e. The van der Waals surface area contributed by atoms with Crippen LogP contribution in [0.1, 0.15) is 39.3 Å². The fourth-order valence-corrected chi connectivity index (χ4v) is 10.6. The van der Waals surface area contributed by atoms with Crippen molar-refractivity contribution in [1.29, 1.82) is 0 Å². The van der Waals surface area contributed by atoms with Crippen LogP contribution < -0.4 is 80.0 Å². The Bertz CT molecular complexity index is 2240. The molecule has 0 saturated carbocycles. The van der Waals surface area contributed by atoms with E-state index in [9.17, 15) is 71.7 Å². The topological polar surface area (TPSA) is 317 Å². The summed E-state index contributed by atoms with van der Waals surface area (Å²) in [6, 6.07) is 4.11. The Labute approximate surface area is 395 Å². The molecular weight excluding hydrogens is 871 g/mol. The number of urea groups is 1. The Hall–Kier alpha value is -4.30. The normalized spacial score (nSPS) is 24.2. The van der Waals surface area contributed by atoms with Gasteiger partial charge < -0.3 is 50.1 Å². The van der Waals surface area contributed by atoms with Crippen LogP contribution in [0.5, 0.6) is 0 Å². The van der Waals surface area contributed by atoms with Crippen LogP contribution in [0.25, 0.3) is 0 Å². The molecule has 1 unspecified atom stereocenters. The van der Waals surface area contributed by atoms with E-state index in [2.05, 4.69) is 15.4 Å². The van der Waals surface area contributed by atoms with Gasteiger partial charge >= 0.3 is 88.9 Å². The first kappa shape index (κ1) is 51.1. The van der Waals surface area contributed by atoms with E-state index in [1.807, 2.05) is 0 Å². The number of ether oxygens (including phenoxy) is 1. The summed E-state index contributed by atoms with van der Waals surface area (Å²) in [7, 11) is -4.11. The van der Waals surface area contributed by atoms with Crippen molar-refractivity contribution >= 4 is 81.0 Å². The number of hydrogen-bond acceptors (Lipinski definition) is 16. The number of sulfone groups is 1. The number of thioether (sulfide) groups is 1. The number of nitrogens with zero attached hydrogens (tertiary/aromatic N) is 4. The van der Waals surface area contributed by atoms with Crippen LogP contribution in [0.4, 0.5) is 4.79 Å². The Kier molecular flexibility index (Phi) is 16.6. The van der Waals surface area contributed by atoms with E-state index in [4.69, 9.17) is 0 Å². The van der Waals surface area contributed by atoms with Gasteiger partial charge in [0.1, 0.15) is 30.1 Å². The first-order valence-corrected chi connectivity index (χ1v) is 20.2. The molecular formula is C35H36N6Na2O16S2.